The van der Waals surface area contributed by atoms with Crippen molar-refractivity contribution in [1.29, 1.82) is 0 Å². The van der Waals surface area contributed by atoms with Gasteiger partial charge in [-0.15, -0.1) is 0 Å². The molecule has 0 spiro atoms. The minimum atomic E-state index is -0.978. The van der Waals surface area contributed by atoms with Gasteiger partial charge in [0.05, 0.1) is 22.2 Å². The lowest BCUT2D eigenvalue weighted by Gasteiger charge is -2.19. The van der Waals surface area contributed by atoms with E-state index < -0.39 is 11.5 Å². The average molecular weight is 489 g/mol. The molecule has 0 bridgehead atoms. The van der Waals surface area contributed by atoms with E-state index in [1.165, 1.54) is 0 Å². The molecule has 35 heavy (non-hydrogen) atoms. The summed E-state index contributed by atoms with van der Waals surface area (Å²) in [5.41, 5.74) is 2.85. The highest BCUT2D eigenvalue weighted by atomic mass is 35.5. The highest BCUT2D eigenvalue weighted by molar-refractivity contribution is 6.30. The molecule has 0 unspecified atom stereocenters. The second-order valence-electron chi connectivity index (χ2n) is 8.91. The molecule has 1 aliphatic heterocycles. The minimum Gasteiger partial charge on any atom is -0.478 e. The zero-order valence-corrected chi connectivity index (χ0v) is 19.3. The first kappa shape index (κ1) is 21.6. The topological polar surface area (TPSA) is 89.8 Å². The Morgan fingerprint density at radius 2 is 1.86 bits per heavy atom. The number of nitrogens with one attached hydrogen (secondary N) is 1. The molecule has 4 aromatic rings. The third-order valence-corrected chi connectivity index (χ3v) is 6.89. The highest BCUT2D eigenvalue weighted by Crippen LogP contribution is 2.47. The number of aromatic nitrogens is 1. The van der Waals surface area contributed by atoms with E-state index in [2.05, 4.69) is 5.32 Å². The molecule has 6 rings (SSSR count). The Kier molecular flexibility index (Phi) is 4.96. The number of rotatable bonds is 6. The SMILES string of the molecule is O=C(O)c1ccc(C2(NC(=O)c3cc4c(c5ccn(Cc6cccc(Cl)c6)c35)OCO4)CC2)cc1. The maximum atomic E-state index is 13.7. The van der Waals surface area contributed by atoms with Gasteiger partial charge in [-0.1, -0.05) is 35.9 Å². The number of nitrogens with zero attached hydrogens (tertiary/aromatic N) is 1. The van der Waals surface area contributed by atoms with Crippen LogP contribution in [0.5, 0.6) is 11.5 Å². The van der Waals surface area contributed by atoms with Gasteiger partial charge in [0.2, 0.25) is 6.79 Å². The van der Waals surface area contributed by atoms with Crippen LogP contribution in [0.25, 0.3) is 10.9 Å². The smallest absolute Gasteiger partial charge is 0.335 e. The third-order valence-electron chi connectivity index (χ3n) is 6.65. The molecular weight excluding hydrogens is 468 g/mol. The molecule has 1 fully saturated rings. The summed E-state index contributed by atoms with van der Waals surface area (Å²) in [4.78, 5) is 24.9. The van der Waals surface area contributed by atoms with Gasteiger partial charge in [0.25, 0.3) is 5.91 Å². The molecule has 2 heterocycles. The number of hydrogen-bond acceptors (Lipinski definition) is 4. The van der Waals surface area contributed by atoms with E-state index in [4.69, 9.17) is 21.1 Å². The number of carboxylic acid groups (broad SMARTS) is 1. The van der Waals surface area contributed by atoms with Crippen LogP contribution >= 0.6 is 11.6 Å². The Morgan fingerprint density at radius 3 is 2.57 bits per heavy atom. The normalized spacial score (nSPS) is 15.2. The molecule has 1 amide bonds. The number of hydrogen-bond donors (Lipinski definition) is 2. The summed E-state index contributed by atoms with van der Waals surface area (Å²) in [6.07, 6.45) is 3.49. The van der Waals surface area contributed by atoms with Crippen molar-refractivity contribution in [2.75, 3.05) is 6.79 Å². The van der Waals surface area contributed by atoms with Crippen LogP contribution in [0.3, 0.4) is 0 Å². The molecule has 0 atom stereocenters. The van der Waals surface area contributed by atoms with Crippen molar-refractivity contribution in [1.82, 2.24) is 9.88 Å². The summed E-state index contributed by atoms with van der Waals surface area (Å²) in [5.74, 6) is -0.0293. The van der Waals surface area contributed by atoms with Crippen LogP contribution in [0.4, 0.5) is 0 Å². The van der Waals surface area contributed by atoms with Crippen molar-refractivity contribution in [2.45, 2.75) is 24.9 Å². The summed E-state index contributed by atoms with van der Waals surface area (Å²) < 4.78 is 13.3. The largest absolute Gasteiger partial charge is 0.478 e. The van der Waals surface area contributed by atoms with Gasteiger partial charge in [0.1, 0.15) is 0 Å². The molecule has 1 aromatic heterocycles. The lowest BCUT2D eigenvalue weighted by molar-refractivity contribution is 0.0696. The molecule has 3 aromatic carbocycles. The number of aromatic carboxylic acids is 1. The fourth-order valence-corrected chi connectivity index (χ4v) is 4.94. The Balaban J connectivity index is 1.38. The number of halogens is 1. The van der Waals surface area contributed by atoms with E-state index >= 15 is 0 Å². The monoisotopic (exact) mass is 488 g/mol. The fraction of sp³-hybridized carbons (Fsp3) is 0.185. The number of benzene rings is 3. The van der Waals surface area contributed by atoms with E-state index in [-0.39, 0.29) is 18.3 Å². The maximum absolute atomic E-state index is 13.7. The molecule has 8 heteroatoms. The Bertz CT molecular complexity index is 1490. The molecule has 7 nitrogen and oxygen atoms in total. The van der Waals surface area contributed by atoms with Gasteiger partial charge in [-0.2, -0.15) is 0 Å². The first-order chi connectivity index (χ1) is 16.9. The first-order valence-electron chi connectivity index (χ1n) is 11.3. The van der Waals surface area contributed by atoms with Gasteiger partial charge in [-0.25, -0.2) is 4.79 Å². The molecule has 176 valence electrons. The predicted molar refractivity (Wildman–Crippen MR) is 130 cm³/mol. The fourth-order valence-electron chi connectivity index (χ4n) is 4.73. The second kappa shape index (κ2) is 8.06. The van der Waals surface area contributed by atoms with Crippen molar-refractivity contribution in [3.8, 4) is 11.5 Å². The predicted octanol–water partition coefficient (Wildman–Crippen LogP) is 5.19. The third kappa shape index (κ3) is 3.78. The van der Waals surface area contributed by atoms with Crippen molar-refractivity contribution in [2.24, 2.45) is 0 Å². The number of ether oxygens (including phenoxy) is 2. The summed E-state index contributed by atoms with van der Waals surface area (Å²) in [7, 11) is 0. The number of amides is 1. The van der Waals surface area contributed by atoms with E-state index in [0.29, 0.717) is 28.6 Å². The van der Waals surface area contributed by atoms with Crippen LogP contribution in [-0.4, -0.2) is 28.3 Å². The maximum Gasteiger partial charge on any atom is 0.335 e. The van der Waals surface area contributed by atoms with E-state index in [1.54, 1.807) is 30.3 Å². The van der Waals surface area contributed by atoms with Gasteiger partial charge >= 0.3 is 5.97 Å². The van der Waals surface area contributed by atoms with Gasteiger partial charge in [-0.05, 0) is 60.4 Å². The lowest BCUT2D eigenvalue weighted by atomic mass is 10.0. The Hall–Kier alpha value is -3.97. The molecule has 0 radical (unpaired) electrons. The minimum absolute atomic E-state index is 0.106. The number of fused-ring (bicyclic) bond motifs is 3. The summed E-state index contributed by atoms with van der Waals surface area (Å²) >= 11 is 6.18. The van der Waals surface area contributed by atoms with E-state index in [0.717, 1.165) is 34.9 Å². The number of carboxylic acids is 1. The van der Waals surface area contributed by atoms with Gasteiger partial charge in [0.15, 0.2) is 11.5 Å². The van der Waals surface area contributed by atoms with Gasteiger partial charge < -0.3 is 24.5 Å². The first-order valence-corrected chi connectivity index (χ1v) is 11.6. The van der Waals surface area contributed by atoms with E-state index in [1.807, 2.05) is 41.1 Å². The molecule has 2 aliphatic rings. The molecule has 0 saturated heterocycles. The summed E-state index contributed by atoms with van der Waals surface area (Å²) in [5, 5.41) is 13.9. The highest BCUT2D eigenvalue weighted by Gasteiger charge is 2.46. The van der Waals surface area contributed by atoms with Crippen molar-refractivity contribution < 1.29 is 24.2 Å². The number of carbonyl (C=O) groups is 2. The molecule has 1 aliphatic carbocycles. The van der Waals surface area contributed by atoms with Gasteiger partial charge in [-0.3, -0.25) is 4.79 Å². The average Bonchev–Trinajstić information content (AvgIpc) is 3.26. The van der Waals surface area contributed by atoms with Crippen molar-refractivity contribution in [3.05, 3.63) is 94.1 Å². The molecular formula is C27H21ClN2O5. The lowest BCUT2D eigenvalue weighted by Crippen LogP contribution is -2.35. The quantitative estimate of drug-likeness (QED) is 0.390. The standard InChI is InChI=1S/C27H21ClN2O5/c28-19-3-1-2-16(12-19)14-30-11-8-20-23(30)21(13-22-24(20)35-15-34-22)25(31)29-27(9-10-27)18-6-4-17(5-7-18)26(32)33/h1-8,11-13H,9-10,14-15H2,(H,29,31)(H,32,33). The summed E-state index contributed by atoms with van der Waals surface area (Å²) in [6, 6.07) is 18.0. The van der Waals surface area contributed by atoms with Crippen LogP contribution in [0.2, 0.25) is 5.02 Å². The zero-order valence-electron chi connectivity index (χ0n) is 18.6. The van der Waals surface area contributed by atoms with Crippen molar-refractivity contribution in [3.63, 3.8) is 0 Å². The van der Waals surface area contributed by atoms with E-state index in [9.17, 15) is 14.7 Å². The zero-order chi connectivity index (χ0) is 24.2. The van der Waals surface area contributed by atoms with Crippen LogP contribution < -0.4 is 14.8 Å². The Morgan fingerprint density at radius 1 is 1.06 bits per heavy atom. The van der Waals surface area contributed by atoms with Crippen LogP contribution in [0, 0.1) is 0 Å². The number of carbonyl (C=O) groups excluding carboxylic acids is 1. The van der Waals surface area contributed by atoms with Crippen molar-refractivity contribution >= 4 is 34.4 Å². The van der Waals surface area contributed by atoms with Crippen LogP contribution in [0.1, 0.15) is 44.7 Å². The van der Waals surface area contributed by atoms with Crippen LogP contribution in [0.15, 0.2) is 66.9 Å². The summed E-state index contributed by atoms with van der Waals surface area (Å²) in [6.45, 7) is 0.640. The Labute approximate surface area is 205 Å². The van der Waals surface area contributed by atoms with Crippen LogP contribution in [-0.2, 0) is 12.1 Å². The molecule has 2 N–H and O–H groups in total. The molecule has 1 saturated carbocycles. The van der Waals surface area contributed by atoms with Gasteiger partial charge in [0, 0.05) is 23.2 Å². The second-order valence-corrected chi connectivity index (χ2v) is 9.35.